The SMILES string of the molecule is CC(C)(C)OC(=O)N1CC(O)(C2(C(=O)O)CCCC2)C1. The van der Waals surface area contributed by atoms with Gasteiger partial charge >= 0.3 is 12.1 Å². The van der Waals surface area contributed by atoms with Crippen molar-refractivity contribution in [2.75, 3.05) is 13.1 Å². The van der Waals surface area contributed by atoms with Crippen LogP contribution in [0.15, 0.2) is 0 Å². The summed E-state index contributed by atoms with van der Waals surface area (Å²) in [6.07, 6.45) is 2.06. The van der Waals surface area contributed by atoms with Crippen LogP contribution in [-0.2, 0) is 9.53 Å². The molecule has 1 heterocycles. The maximum absolute atomic E-state index is 11.9. The van der Waals surface area contributed by atoms with Gasteiger partial charge in [-0.1, -0.05) is 12.8 Å². The number of rotatable bonds is 2. The number of carbonyl (C=O) groups excluding carboxylic acids is 1. The second-order valence-electron chi connectivity index (χ2n) is 6.96. The fraction of sp³-hybridized carbons (Fsp3) is 0.857. The number of carboxylic acid groups (broad SMARTS) is 1. The fourth-order valence-corrected chi connectivity index (χ4v) is 3.20. The summed E-state index contributed by atoms with van der Waals surface area (Å²) in [7, 11) is 0. The van der Waals surface area contributed by atoms with Gasteiger partial charge in [0.05, 0.1) is 18.5 Å². The Morgan fingerprint density at radius 1 is 1.15 bits per heavy atom. The van der Waals surface area contributed by atoms with Gasteiger partial charge in [0.1, 0.15) is 11.2 Å². The van der Waals surface area contributed by atoms with Gasteiger partial charge in [-0.15, -0.1) is 0 Å². The van der Waals surface area contributed by atoms with Crippen LogP contribution in [0.25, 0.3) is 0 Å². The molecule has 1 aliphatic carbocycles. The number of β-amino-alcohol motifs (C(OH)–C–C–N with tert-alkyl or cyclic N) is 1. The molecule has 0 aromatic carbocycles. The average molecular weight is 285 g/mol. The third-order valence-corrected chi connectivity index (χ3v) is 4.31. The zero-order chi connectivity index (χ0) is 15.2. The highest BCUT2D eigenvalue weighted by molar-refractivity contribution is 5.78. The summed E-state index contributed by atoms with van der Waals surface area (Å²) in [6, 6.07) is 0. The van der Waals surface area contributed by atoms with E-state index in [1.807, 2.05) is 0 Å². The molecular formula is C14H23NO5. The number of aliphatic hydroxyl groups is 1. The minimum Gasteiger partial charge on any atom is -0.481 e. The molecule has 0 radical (unpaired) electrons. The molecule has 1 saturated heterocycles. The van der Waals surface area contributed by atoms with E-state index in [9.17, 15) is 19.8 Å². The van der Waals surface area contributed by atoms with Crippen LogP contribution < -0.4 is 0 Å². The van der Waals surface area contributed by atoms with Crippen molar-refractivity contribution in [3.8, 4) is 0 Å². The predicted molar refractivity (Wildman–Crippen MR) is 71.3 cm³/mol. The summed E-state index contributed by atoms with van der Waals surface area (Å²) in [5.74, 6) is -0.957. The minimum atomic E-state index is -1.33. The Kier molecular flexibility index (Phi) is 3.48. The maximum Gasteiger partial charge on any atom is 0.410 e. The van der Waals surface area contributed by atoms with Crippen LogP contribution in [0.2, 0.25) is 0 Å². The molecule has 2 fully saturated rings. The van der Waals surface area contributed by atoms with Crippen LogP contribution in [0.3, 0.4) is 0 Å². The highest BCUT2D eigenvalue weighted by atomic mass is 16.6. The lowest BCUT2D eigenvalue weighted by atomic mass is 9.66. The van der Waals surface area contributed by atoms with E-state index in [2.05, 4.69) is 0 Å². The Balaban J connectivity index is 2.03. The van der Waals surface area contributed by atoms with E-state index >= 15 is 0 Å². The molecule has 0 atom stereocenters. The van der Waals surface area contributed by atoms with Crippen molar-refractivity contribution in [1.29, 1.82) is 0 Å². The molecule has 0 bridgehead atoms. The van der Waals surface area contributed by atoms with Crippen molar-refractivity contribution >= 4 is 12.1 Å². The summed E-state index contributed by atoms with van der Waals surface area (Å²) in [4.78, 5) is 24.8. The number of likely N-dealkylation sites (tertiary alicyclic amines) is 1. The molecule has 0 aromatic heterocycles. The van der Waals surface area contributed by atoms with Crippen LogP contribution >= 0.6 is 0 Å². The molecule has 0 spiro atoms. The molecular weight excluding hydrogens is 262 g/mol. The Morgan fingerprint density at radius 2 is 1.65 bits per heavy atom. The zero-order valence-electron chi connectivity index (χ0n) is 12.3. The molecule has 1 aliphatic heterocycles. The number of aliphatic carboxylic acids is 1. The molecule has 114 valence electrons. The number of hydrogen-bond donors (Lipinski definition) is 2. The van der Waals surface area contributed by atoms with Crippen molar-refractivity contribution in [2.45, 2.75) is 57.7 Å². The molecule has 6 nitrogen and oxygen atoms in total. The molecule has 0 unspecified atom stereocenters. The monoisotopic (exact) mass is 285 g/mol. The van der Waals surface area contributed by atoms with Crippen molar-refractivity contribution < 1.29 is 24.5 Å². The molecule has 0 aromatic rings. The van der Waals surface area contributed by atoms with Gasteiger partial charge in [-0.2, -0.15) is 0 Å². The van der Waals surface area contributed by atoms with E-state index < -0.39 is 28.7 Å². The second-order valence-corrected chi connectivity index (χ2v) is 6.96. The molecule has 2 aliphatic rings. The van der Waals surface area contributed by atoms with Gasteiger partial charge in [0.2, 0.25) is 0 Å². The van der Waals surface area contributed by atoms with Crippen molar-refractivity contribution in [2.24, 2.45) is 5.41 Å². The topological polar surface area (TPSA) is 87.1 Å². The van der Waals surface area contributed by atoms with Crippen molar-refractivity contribution in [1.82, 2.24) is 4.90 Å². The van der Waals surface area contributed by atoms with Crippen molar-refractivity contribution in [3.05, 3.63) is 0 Å². The van der Waals surface area contributed by atoms with E-state index in [0.717, 1.165) is 12.8 Å². The second kappa shape index (κ2) is 4.62. The summed E-state index contributed by atoms with van der Waals surface area (Å²) >= 11 is 0. The number of amides is 1. The lowest BCUT2D eigenvalue weighted by Crippen LogP contribution is -2.72. The van der Waals surface area contributed by atoms with Crippen LogP contribution in [-0.4, -0.2) is 51.5 Å². The number of ether oxygens (including phenoxy) is 1. The normalized spacial score (nSPS) is 24.1. The number of hydrogen-bond acceptors (Lipinski definition) is 4. The van der Waals surface area contributed by atoms with Gasteiger partial charge in [0, 0.05) is 0 Å². The van der Waals surface area contributed by atoms with Gasteiger partial charge in [-0.3, -0.25) is 4.79 Å². The van der Waals surface area contributed by atoms with Crippen LogP contribution in [0, 0.1) is 5.41 Å². The number of carbonyl (C=O) groups is 2. The third kappa shape index (κ3) is 2.37. The lowest BCUT2D eigenvalue weighted by molar-refractivity contribution is -0.196. The first-order chi connectivity index (χ1) is 9.10. The quantitative estimate of drug-likeness (QED) is 0.805. The standard InChI is InChI=1S/C14H23NO5/c1-12(2,3)20-11(18)15-8-14(19,9-15)13(10(16)17)6-4-5-7-13/h19H,4-9H2,1-3H3,(H,16,17). The number of carboxylic acids is 1. The molecule has 2 rings (SSSR count). The summed E-state index contributed by atoms with van der Waals surface area (Å²) < 4.78 is 5.22. The van der Waals surface area contributed by atoms with Gasteiger partial charge in [0.15, 0.2) is 0 Å². The summed E-state index contributed by atoms with van der Waals surface area (Å²) in [6.45, 7) is 5.38. The first-order valence-electron chi connectivity index (χ1n) is 7.03. The van der Waals surface area contributed by atoms with Crippen molar-refractivity contribution in [3.63, 3.8) is 0 Å². The van der Waals surface area contributed by atoms with E-state index in [0.29, 0.717) is 12.8 Å². The van der Waals surface area contributed by atoms with Gasteiger partial charge in [-0.25, -0.2) is 4.79 Å². The van der Waals surface area contributed by atoms with Crippen LogP contribution in [0.1, 0.15) is 46.5 Å². The minimum absolute atomic E-state index is 0.0359. The summed E-state index contributed by atoms with van der Waals surface area (Å²) in [5, 5.41) is 20.1. The highest BCUT2D eigenvalue weighted by Crippen LogP contribution is 2.50. The Bertz CT molecular complexity index is 414. The largest absolute Gasteiger partial charge is 0.481 e. The van der Waals surface area contributed by atoms with Crippen LogP contribution in [0.4, 0.5) is 4.79 Å². The fourth-order valence-electron chi connectivity index (χ4n) is 3.20. The Hall–Kier alpha value is -1.30. The summed E-state index contributed by atoms with van der Waals surface area (Å²) in [5.41, 5.74) is -3.03. The Labute approximate surface area is 118 Å². The van der Waals surface area contributed by atoms with Gasteiger partial charge in [0.25, 0.3) is 0 Å². The van der Waals surface area contributed by atoms with E-state index in [4.69, 9.17) is 4.74 Å². The van der Waals surface area contributed by atoms with Crippen LogP contribution in [0.5, 0.6) is 0 Å². The highest BCUT2D eigenvalue weighted by Gasteiger charge is 2.63. The Morgan fingerprint density at radius 3 is 2.05 bits per heavy atom. The molecule has 1 saturated carbocycles. The predicted octanol–water partition coefficient (Wildman–Crippen LogP) is 1.61. The first kappa shape index (κ1) is 15.1. The molecule has 2 N–H and O–H groups in total. The lowest BCUT2D eigenvalue weighted by Gasteiger charge is -2.53. The average Bonchev–Trinajstić information content (AvgIpc) is 2.72. The zero-order valence-corrected chi connectivity index (χ0v) is 12.3. The molecule has 6 heteroatoms. The van der Waals surface area contributed by atoms with E-state index in [-0.39, 0.29) is 13.1 Å². The number of nitrogens with zero attached hydrogens (tertiary/aromatic N) is 1. The van der Waals surface area contributed by atoms with E-state index in [1.165, 1.54) is 4.90 Å². The smallest absolute Gasteiger partial charge is 0.410 e. The van der Waals surface area contributed by atoms with Gasteiger partial charge < -0.3 is 19.8 Å². The maximum atomic E-state index is 11.9. The van der Waals surface area contributed by atoms with Gasteiger partial charge in [-0.05, 0) is 33.6 Å². The first-order valence-corrected chi connectivity index (χ1v) is 7.03. The molecule has 1 amide bonds. The third-order valence-electron chi connectivity index (χ3n) is 4.31. The molecule has 20 heavy (non-hydrogen) atoms. The van der Waals surface area contributed by atoms with E-state index in [1.54, 1.807) is 20.8 Å².